The van der Waals surface area contributed by atoms with Gasteiger partial charge in [-0.05, 0) is 29.8 Å². The second-order valence-corrected chi connectivity index (χ2v) is 5.36. The van der Waals surface area contributed by atoms with Crippen LogP contribution in [-0.2, 0) is 16.9 Å². The molecule has 0 fully saturated rings. The van der Waals surface area contributed by atoms with E-state index in [1.165, 1.54) is 31.4 Å². The van der Waals surface area contributed by atoms with Crippen LogP contribution >= 0.6 is 0 Å². The molecule has 2 aromatic carbocycles. The maximum Gasteiger partial charge on any atom is 0.430 e. The van der Waals surface area contributed by atoms with Gasteiger partial charge in [0.1, 0.15) is 11.5 Å². The van der Waals surface area contributed by atoms with Crippen molar-refractivity contribution in [3.63, 3.8) is 0 Å². The van der Waals surface area contributed by atoms with E-state index in [0.29, 0.717) is 17.9 Å². The van der Waals surface area contributed by atoms with Crippen LogP contribution < -0.4 is 4.74 Å². The first-order valence-electron chi connectivity index (χ1n) is 7.21. The van der Waals surface area contributed by atoms with Gasteiger partial charge in [-0.3, -0.25) is 0 Å². The van der Waals surface area contributed by atoms with Gasteiger partial charge in [-0.1, -0.05) is 24.3 Å². The molecule has 2 rings (SSSR count). The fourth-order valence-electron chi connectivity index (χ4n) is 2.34. The van der Waals surface area contributed by atoms with Crippen molar-refractivity contribution >= 4 is 0 Å². The van der Waals surface area contributed by atoms with E-state index < -0.39 is 35.9 Å². The highest BCUT2D eigenvalue weighted by Gasteiger charge is 2.73. The van der Waals surface area contributed by atoms with Gasteiger partial charge in [0.2, 0.25) is 0 Å². The first-order valence-corrected chi connectivity index (χ1v) is 7.21. The molecular formula is C17H14F6O3. The van der Waals surface area contributed by atoms with Crippen molar-refractivity contribution in [1.29, 1.82) is 0 Å². The van der Waals surface area contributed by atoms with E-state index in [1.807, 2.05) is 0 Å². The van der Waals surface area contributed by atoms with E-state index >= 15 is 0 Å². The van der Waals surface area contributed by atoms with Crippen LogP contribution in [0, 0.1) is 0 Å². The van der Waals surface area contributed by atoms with Gasteiger partial charge in [0, 0.05) is 5.56 Å². The summed E-state index contributed by atoms with van der Waals surface area (Å²) >= 11 is 0. The number of alkyl halides is 6. The van der Waals surface area contributed by atoms with Crippen LogP contribution in [0.5, 0.6) is 11.5 Å². The number of phenols is 1. The lowest BCUT2D eigenvalue weighted by molar-refractivity contribution is -0.392. The van der Waals surface area contributed by atoms with Gasteiger partial charge in [0.15, 0.2) is 0 Å². The number of phenolic OH excluding ortho intramolecular Hbond substituents is 1. The highest BCUT2D eigenvalue weighted by Crippen LogP contribution is 2.53. The second kappa shape index (κ2) is 7.06. The van der Waals surface area contributed by atoms with Crippen LogP contribution in [-0.4, -0.2) is 24.6 Å². The summed E-state index contributed by atoms with van der Waals surface area (Å²) < 4.78 is 90.7. The summed E-state index contributed by atoms with van der Waals surface area (Å²) in [6.45, 7) is -0.941. The second-order valence-electron chi connectivity index (χ2n) is 5.36. The molecule has 0 aliphatic carbocycles. The number of rotatable bonds is 5. The molecule has 0 saturated heterocycles. The Morgan fingerprint density at radius 1 is 0.808 bits per heavy atom. The molecule has 0 aliphatic heterocycles. The molecule has 0 unspecified atom stereocenters. The van der Waals surface area contributed by atoms with Gasteiger partial charge in [0.05, 0.1) is 13.7 Å². The molecule has 0 bridgehead atoms. The summed E-state index contributed by atoms with van der Waals surface area (Å²) in [4.78, 5) is 0. The Balaban J connectivity index is 2.46. The van der Waals surface area contributed by atoms with Crippen LogP contribution in [0.3, 0.4) is 0 Å². The summed E-state index contributed by atoms with van der Waals surface area (Å²) in [7, 11) is 1.37. The van der Waals surface area contributed by atoms with E-state index in [2.05, 4.69) is 4.74 Å². The number of methoxy groups -OCH3 is 1. The fourth-order valence-corrected chi connectivity index (χ4v) is 2.34. The molecule has 0 radical (unpaired) electrons. The van der Waals surface area contributed by atoms with E-state index in [-0.39, 0.29) is 5.56 Å². The minimum absolute atomic E-state index is 0.0995. The lowest BCUT2D eigenvalue weighted by atomic mass is 9.91. The summed E-state index contributed by atoms with van der Waals surface area (Å²) in [5.41, 5.74) is -5.61. The van der Waals surface area contributed by atoms with Crippen molar-refractivity contribution in [2.75, 3.05) is 7.11 Å². The Kier molecular flexibility index (Phi) is 5.41. The van der Waals surface area contributed by atoms with Crippen molar-refractivity contribution in [3.8, 4) is 11.5 Å². The molecule has 2 aromatic rings. The van der Waals surface area contributed by atoms with E-state index in [0.717, 1.165) is 12.1 Å². The number of hydrogen-bond donors (Lipinski definition) is 1. The molecular weight excluding hydrogens is 366 g/mol. The van der Waals surface area contributed by atoms with Crippen molar-refractivity contribution in [2.24, 2.45) is 0 Å². The Hall–Kier alpha value is -2.42. The number of benzene rings is 2. The van der Waals surface area contributed by atoms with Crippen molar-refractivity contribution in [2.45, 2.75) is 24.6 Å². The van der Waals surface area contributed by atoms with Crippen molar-refractivity contribution in [1.82, 2.24) is 0 Å². The monoisotopic (exact) mass is 380 g/mol. The zero-order valence-electron chi connectivity index (χ0n) is 13.4. The molecule has 0 saturated carbocycles. The first-order chi connectivity index (χ1) is 12.0. The van der Waals surface area contributed by atoms with Crippen LogP contribution in [0.15, 0.2) is 48.5 Å². The average Bonchev–Trinajstić information content (AvgIpc) is 2.55. The van der Waals surface area contributed by atoms with E-state index in [9.17, 15) is 31.4 Å². The van der Waals surface area contributed by atoms with Crippen LogP contribution in [0.4, 0.5) is 26.3 Å². The van der Waals surface area contributed by atoms with Crippen LogP contribution in [0.25, 0.3) is 0 Å². The van der Waals surface area contributed by atoms with Crippen LogP contribution in [0.1, 0.15) is 11.1 Å². The Morgan fingerprint density at radius 3 is 1.73 bits per heavy atom. The lowest BCUT2D eigenvalue weighted by Crippen LogP contribution is -2.55. The SMILES string of the molecule is COc1ccc(COC(c2ccc(O)cc2)(C(F)(F)F)C(F)(F)F)cc1. The molecule has 0 atom stereocenters. The predicted molar refractivity (Wildman–Crippen MR) is 79.7 cm³/mol. The minimum atomic E-state index is -5.78. The third-order valence-electron chi connectivity index (χ3n) is 3.69. The molecule has 0 aromatic heterocycles. The average molecular weight is 380 g/mol. The molecule has 26 heavy (non-hydrogen) atoms. The van der Waals surface area contributed by atoms with Gasteiger partial charge in [-0.2, -0.15) is 26.3 Å². The zero-order chi connectivity index (χ0) is 19.6. The number of aromatic hydroxyl groups is 1. The maximum absolute atomic E-state index is 13.6. The normalized spacial score (nSPS) is 12.9. The minimum Gasteiger partial charge on any atom is -0.508 e. The molecule has 0 aliphatic rings. The Labute approximate surface area is 144 Å². The smallest absolute Gasteiger partial charge is 0.430 e. The van der Waals surface area contributed by atoms with Gasteiger partial charge in [0.25, 0.3) is 5.60 Å². The summed E-state index contributed by atoms with van der Waals surface area (Å²) in [6, 6.07) is 7.91. The molecule has 0 amide bonds. The first kappa shape index (κ1) is 19.9. The van der Waals surface area contributed by atoms with Gasteiger partial charge in [-0.15, -0.1) is 0 Å². The molecule has 3 nitrogen and oxygen atoms in total. The van der Waals surface area contributed by atoms with Crippen LogP contribution in [0.2, 0.25) is 0 Å². The molecule has 9 heteroatoms. The zero-order valence-corrected chi connectivity index (χ0v) is 13.4. The molecule has 0 spiro atoms. The summed E-state index contributed by atoms with van der Waals surface area (Å²) in [6.07, 6.45) is -11.6. The Bertz CT molecular complexity index is 706. The Morgan fingerprint density at radius 2 is 1.31 bits per heavy atom. The highest BCUT2D eigenvalue weighted by atomic mass is 19.4. The van der Waals surface area contributed by atoms with E-state index in [1.54, 1.807) is 0 Å². The van der Waals surface area contributed by atoms with Gasteiger partial charge < -0.3 is 14.6 Å². The predicted octanol–water partition coefficient (Wildman–Crippen LogP) is 4.94. The van der Waals surface area contributed by atoms with Crippen molar-refractivity contribution < 1.29 is 40.9 Å². The standard InChI is InChI=1S/C17H14F6O3/c1-25-14-8-2-11(3-9-14)10-26-15(16(18,19)20,17(21,22)23)12-4-6-13(24)7-5-12/h2-9,24H,10H2,1H3. The maximum atomic E-state index is 13.6. The third-order valence-corrected chi connectivity index (χ3v) is 3.69. The van der Waals surface area contributed by atoms with E-state index in [4.69, 9.17) is 4.74 Å². The topological polar surface area (TPSA) is 38.7 Å². The summed E-state index contributed by atoms with van der Waals surface area (Å²) in [5, 5.41) is 9.17. The van der Waals surface area contributed by atoms with Gasteiger partial charge >= 0.3 is 12.4 Å². The van der Waals surface area contributed by atoms with Gasteiger partial charge in [-0.25, -0.2) is 0 Å². The largest absolute Gasteiger partial charge is 0.508 e. The van der Waals surface area contributed by atoms with Crippen molar-refractivity contribution in [3.05, 3.63) is 59.7 Å². The number of ether oxygens (including phenoxy) is 2. The molecule has 1 N–H and O–H groups in total. The molecule has 0 heterocycles. The molecule has 142 valence electrons. The fraction of sp³-hybridized carbons (Fsp3) is 0.294. The third kappa shape index (κ3) is 3.72. The number of halogens is 6. The number of hydrogen-bond acceptors (Lipinski definition) is 3. The quantitative estimate of drug-likeness (QED) is 0.747. The highest BCUT2D eigenvalue weighted by molar-refractivity contribution is 5.33. The summed E-state index contributed by atoms with van der Waals surface area (Å²) in [5.74, 6) is -0.0765. The lowest BCUT2D eigenvalue weighted by Gasteiger charge is -2.37.